The third-order valence-electron chi connectivity index (χ3n) is 5.39. The molecular weight excluding hydrogens is 403 g/mol. The summed E-state index contributed by atoms with van der Waals surface area (Å²) < 4.78 is 0. The minimum atomic E-state index is -0.0585. The Morgan fingerprint density at radius 2 is 1.85 bits per heavy atom. The van der Waals surface area contributed by atoms with Crippen LogP contribution in [-0.4, -0.2) is 33.9 Å². The average molecular weight is 429 g/mol. The van der Waals surface area contributed by atoms with Gasteiger partial charge in [-0.25, -0.2) is 4.98 Å². The standard InChI is InChI=1S/C19H24N4OS.2ClH/c20-10-18-22-17(12-25-18)19(24)21-14-8-15-6-7-16(9-14)23(15)11-13-4-2-1-3-5-13;;/h1-5,12,14-16H,6-11,20H2,(H,21,24);2*1H. The normalized spacial score (nSPS) is 24.0. The van der Waals surface area contributed by atoms with Crippen molar-refractivity contribution >= 4 is 42.1 Å². The molecule has 1 aromatic heterocycles. The van der Waals surface area contributed by atoms with Gasteiger partial charge in [0.05, 0.1) is 0 Å². The fraction of sp³-hybridized carbons (Fsp3) is 0.474. The number of benzene rings is 1. The zero-order chi connectivity index (χ0) is 17.2. The van der Waals surface area contributed by atoms with Gasteiger partial charge in [-0.1, -0.05) is 30.3 Å². The van der Waals surface area contributed by atoms with Crippen molar-refractivity contribution in [3.8, 4) is 0 Å². The summed E-state index contributed by atoms with van der Waals surface area (Å²) in [6.45, 7) is 1.41. The molecule has 1 amide bonds. The van der Waals surface area contributed by atoms with Crippen molar-refractivity contribution in [3.05, 3.63) is 52.0 Å². The summed E-state index contributed by atoms with van der Waals surface area (Å²) in [5.74, 6) is -0.0585. The van der Waals surface area contributed by atoms with Crippen LogP contribution in [-0.2, 0) is 13.1 Å². The minimum Gasteiger partial charge on any atom is -0.348 e. The molecule has 0 aliphatic carbocycles. The van der Waals surface area contributed by atoms with E-state index in [0.29, 0.717) is 24.3 Å². The second kappa shape index (κ2) is 9.85. The number of fused-ring (bicyclic) bond motifs is 2. The Balaban J connectivity index is 0.00000131. The van der Waals surface area contributed by atoms with E-state index in [1.54, 1.807) is 5.38 Å². The summed E-state index contributed by atoms with van der Waals surface area (Å²) in [7, 11) is 0. The highest BCUT2D eigenvalue weighted by Gasteiger charge is 2.41. The Labute approximate surface area is 176 Å². The third kappa shape index (κ3) is 5.00. The highest BCUT2D eigenvalue weighted by molar-refractivity contribution is 7.09. The highest BCUT2D eigenvalue weighted by atomic mass is 35.5. The molecule has 1 aromatic carbocycles. The van der Waals surface area contributed by atoms with E-state index in [9.17, 15) is 4.79 Å². The fourth-order valence-electron chi connectivity index (χ4n) is 4.21. The fourth-order valence-corrected chi connectivity index (χ4v) is 4.87. The first-order valence-electron chi connectivity index (χ1n) is 8.98. The molecule has 2 saturated heterocycles. The van der Waals surface area contributed by atoms with Gasteiger partial charge in [-0.3, -0.25) is 9.69 Å². The van der Waals surface area contributed by atoms with Gasteiger partial charge in [0, 0.05) is 36.6 Å². The summed E-state index contributed by atoms with van der Waals surface area (Å²) in [4.78, 5) is 19.3. The maximum Gasteiger partial charge on any atom is 0.270 e. The van der Waals surface area contributed by atoms with Crippen LogP contribution in [0, 0.1) is 0 Å². The predicted molar refractivity (Wildman–Crippen MR) is 114 cm³/mol. The number of hydrogen-bond acceptors (Lipinski definition) is 5. The maximum absolute atomic E-state index is 12.4. The lowest BCUT2D eigenvalue weighted by Gasteiger charge is -2.39. The largest absolute Gasteiger partial charge is 0.348 e. The number of rotatable bonds is 5. The van der Waals surface area contributed by atoms with Gasteiger partial charge >= 0.3 is 0 Å². The summed E-state index contributed by atoms with van der Waals surface area (Å²) in [5, 5.41) is 5.81. The van der Waals surface area contributed by atoms with Gasteiger partial charge in [0.2, 0.25) is 0 Å². The third-order valence-corrected chi connectivity index (χ3v) is 6.26. The van der Waals surface area contributed by atoms with Gasteiger partial charge in [0.25, 0.3) is 5.91 Å². The van der Waals surface area contributed by atoms with Crippen LogP contribution in [0.1, 0.15) is 46.7 Å². The number of halogens is 2. The monoisotopic (exact) mass is 428 g/mol. The first-order valence-corrected chi connectivity index (χ1v) is 9.86. The van der Waals surface area contributed by atoms with Crippen LogP contribution in [0.15, 0.2) is 35.7 Å². The molecule has 2 bridgehead atoms. The van der Waals surface area contributed by atoms with Gasteiger partial charge < -0.3 is 11.1 Å². The molecule has 4 rings (SSSR count). The summed E-state index contributed by atoms with van der Waals surface area (Å²) in [5.41, 5.74) is 7.46. The van der Waals surface area contributed by atoms with Crippen molar-refractivity contribution in [1.82, 2.24) is 15.2 Å². The van der Waals surface area contributed by atoms with Crippen LogP contribution in [0.4, 0.5) is 0 Å². The molecule has 5 nitrogen and oxygen atoms in total. The smallest absolute Gasteiger partial charge is 0.270 e. The van der Waals surface area contributed by atoms with E-state index in [-0.39, 0.29) is 36.8 Å². The number of nitrogens with zero attached hydrogens (tertiary/aromatic N) is 2. The molecule has 3 heterocycles. The maximum atomic E-state index is 12.4. The van der Waals surface area contributed by atoms with Gasteiger partial charge in [0.15, 0.2) is 0 Å². The van der Waals surface area contributed by atoms with Crippen molar-refractivity contribution in [2.75, 3.05) is 0 Å². The van der Waals surface area contributed by atoms with Crippen LogP contribution in [0.2, 0.25) is 0 Å². The summed E-state index contributed by atoms with van der Waals surface area (Å²) >= 11 is 1.45. The van der Waals surface area contributed by atoms with E-state index in [1.165, 1.54) is 29.7 Å². The molecule has 0 saturated carbocycles. The highest BCUT2D eigenvalue weighted by Crippen LogP contribution is 2.36. The molecule has 2 unspecified atom stereocenters. The zero-order valence-electron chi connectivity index (χ0n) is 15.0. The molecule has 2 aliphatic rings. The van der Waals surface area contributed by atoms with E-state index in [2.05, 4.69) is 45.5 Å². The molecule has 2 fully saturated rings. The lowest BCUT2D eigenvalue weighted by atomic mass is 9.96. The van der Waals surface area contributed by atoms with E-state index in [1.807, 2.05) is 0 Å². The first kappa shape index (κ1) is 22.1. The second-order valence-corrected chi connectivity index (χ2v) is 7.96. The number of piperidine rings is 1. The topological polar surface area (TPSA) is 71.2 Å². The lowest BCUT2D eigenvalue weighted by Crippen LogP contribution is -2.50. The van der Waals surface area contributed by atoms with Gasteiger partial charge in [-0.05, 0) is 31.2 Å². The molecule has 148 valence electrons. The van der Waals surface area contributed by atoms with E-state index in [4.69, 9.17) is 5.73 Å². The SMILES string of the molecule is Cl.Cl.NCc1nc(C(=O)NC2CC3CCC(C2)N3Cc2ccccc2)cs1. The number of nitrogens with two attached hydrogens (primary N) is 1. The minimum absolute atomic E-state index is 0. The molecular formula is C19H26Cl2N4OS. The van der Waals surface area contributed by atoms with E-state index in [0.717, 1.165) is 24.4 Å². The van der Waals surface area contributed by atoms with Crippen LogP contribution < -0.4 is 11.1 Å². The van der Waals surface area contributed by atoms with Crippen molar-refractivity contribution < 1.29 is 4.79 Å². The summed E-state index contributed by atoms with van der Waals surface area (Å²) in [6.07, 6.45) is 4.53. The molecule has 27 heavy (non-hydrogen) atoms. The number of carbonyl (C=O) groups is 1. The number of hydrogen-bond donors (Lipinski definition) is 2. The number of thiazole rings is 1. The molecule has 0 spiro atoms. The van der Waals surface area contributed by atoms with Gasteiger partial charge in [-0.15, -0.1) is 36.2 Å². The number of amides is 1. The van der Waals surface area contributed by atoms with Crippen molar-refractivity contribution in [3.63, 3.8) is 0 Å². The molecule has 0 radical (unpaired) electrons. The Morgan fingerprint density at radius 3 is 2.44 bits per heavy atom. The van der Waals surface area contributed by atoms with Crippen molar-refractivity contribution in [2.24, 2.45) is 5.73 Å². The van der Waals surface area contributed by atoms with Gasteiger partial charge in [0.1, 0.15) is 10.7 Å². The number of nitrogens with one attached hydrogen (secondary N) is 1. The Morgan fingerprint density at radius 1 is 1.19 bits per heavy atom. The summed E-state index contributed by atoms with van der Waals surface area (Å²) in [6, 6.07) is 12.1. The van der Waals surface area contributed by atoms with Crippen LogP contribution in [0.5, 0.6) is 0 Å². The van der Waals surface area contributed by atoms with E-state index < -0.39 is 0 Å². The number of carbonyl (C=O) groups excluding carboxylic acids is 1. The van der Waals surface area contributed by atoms with Crippen LogP contribution in [0.25, 0.3) is 0 Å². The Bertz CT molecular complexity index is 728. The first-order chi connectivity index (χ1) is 12.2. The Hall–Kier alpha value is -1.18. The quantitative estimate of drug-likeness (QED) is 0.765. The molecule has 3 N–H and O–H groups in total. The van der Waals surface area contributed by atoms with Crippen LogP contribution >= 0.6 is 36.2 Å². The Kier molecular flexibility index (Phi) is 8.06. The van der Waals surface area contributed by atoms with Crippen LogP contribution in [0.3, 0.4) is 0 Å². The van der Waals surface area contributed by atoms with Crippen molar-refractivity contribution in [1.29, 1.82) is 0 Å². The molecule has 2 aliphatic heterocycles. The van der Waals surface area contributed by atoms with Gasteiger partial charge in [-0.2, -0.15) is 0 Å². The zero-order valence-corrected chi connectivity index (χ0v) is 17.5. The second-order valence-electron chi connectivity index (χ2n) is 7.02. The molecule has 2 aromatic rings. The van der Waals surface area contributed by atoms with E-state index >= 15 is 0 Å². The predicted octanol–water partition coefficient (Wildman–Crippen LogP) is 3.37. The molecule has 2 atom stereocenters. The van der Waals surface area contributed by atoms with Crippen molar-refractivity contribution in [2.45, 2.75) is 56.9 Å². The number of aromatic nitrogens is 1. The molecule has 8 heteroatoms. The average Bonchev–Trinajstić information content (AvgIpc) is 3.19. The lowest BCUT2D eigenvalue weighted by molar-refractivity contribution is 0.0824.